The Morgan fingerprint density at radius 2 is 1.61 bits per heavy atom. The number of nitrogens with zero attached hydrogens (tertiary/aromatic N) is 1. The molecule has 0 spiro atoms. The van der Waals surface area contributed by atoms with E-state index < -0.39 is 23.8 Å². The maximum absolute atomic E-state index is 14.2. The van der Waals surface area contributed by atoms with Crippen molar-refractivity contribution in [1.82, 2.24) is 10.2 Å². The molecule has 2 atom stereocenters. The van der Waals surface area contributed by atoms with Crippen molar-refractivity contribution in [2.45, 2.75) is 72.1 Å². The van der Waals surface area contributed by atoms with Gasteiger partial charge in [-0.2, -0.15) is 11.8 Å². The number of rotatable bonds is 11. The smallest absolute Gasteiger partial charge is 0.408 e. The van der Waals surface area contributed by atoms with E-state index in [4.69, 9.17) is 4.74 Å². The lowest BCUT2D eigenvalue weighted by molar-refractivity contribution is -0.140. The van der Waals surface area contributed by atoms with Gasteiger partial charge in [-0.05, 0) is 87.9 Å². The van der Waals surface area contributed by atoms with E-state index in [-0.39, 0.29) is 11.8 Å². The molecule has 0 saturated heterocycles. The van der Waals surface area contributed by atoms with Crippen LogP contribution in [0.1, 0.15) is 63.3 Å². The molecule has 3 aromatic carbocycles. The van der Waals surface area contributed by atoms with E-state index in [2.05, 4.69) is 10.6 Å². The molecule has 2 N–H and O–H groups in total. The first-order valence-electron chi connectivity index (χ1n) is 14.1. The normalized spacial score (nSPS) is 12.9. The molecule has 3 amide bonds. The molecule has 3 rings (SSSR count). The molecule has 0 saturated carbocycles. The summed E-state index contributed by atoms with van der Waals surface area (Å²) < 4.78 is 5.47. The zero-order valence-electron chi connectivity index (χ0n) is 25.2. The average molecular weight is 578 g/mol. The van der Waals surface area contributed by atoms with E-state index in [0.717, 1.165) is 27.5 Å². The van der Waals surface area contributed by atoms with Crippen LogP contribution >= 0.6 is 11.8 Å². The van der Waals surface area contributed by atoms with Crippen LogP contribution in [0.4, 0.5) is 10.5 Å². The van der Waals surface area contributed by atoms with Gasteiger partial charge in [-0.3, -0.25) is 9.59 Å². The molecule has 0 aromatic heterocycles. The number of anilines is 1. The summed E-state index contributed by atoms with van der Waals surface area (Å²) in [6.45, 7) is 11.6. The fourth-order valence-corrected chi connectivity index (χ4v) is 5.34. The zero-order valence-corrected chi connectivity index (χ0v) is 26.1. The number of thioether (sulfide) groups is 1. The molecular weight excluding hydrogens is 534 g/mol. The van der Waals surface area contributed by atoms with E-state index in [1.807, 2.05) is 87.7 Å². The lowest BCUT2D eigenvalue weighted by Crippen LogP contribution is -2.52. The van der Waals surface area contributed by atoms with Crippen LogP contribution < -0.4 is 10.6 Å². The fourth-order valence-electron chi connectivity index (χ4n) is 4.87. The van der Waals surface area contributed by atoms with E-state index in [9.17, 15) is 14.4 Å². The van der Waals surface area contributed by atoms with Gasteiger partial charge < -0.3 is 20.3 Å². The summed E-state index contributed by atoms with van der Waals surface area (Å²) in [5, 5.41) is 7.94. The second-order valence-electron chi connectivity index (χ2n) is 11.4. The van der Waals surface area contributed by atoms with Gasteiger partial charge in [0.1, 0.15) is 17.7 Å². The molecule has 0 fully saturated rings. The number of hydrogen-bond acceptors (Lipinski definition) is 5. The molecule has 3 aromatic rings. The second-order valence-corrected chi connectivity index (χ2v) is 12.4. The first kappa shape index (κ1) is 32.0. The summed E-state index contributed by atoms with van der Waals surface area (Å²) in [6.07, 6.45) is 2.34. The highest BCUT2D eigenvalue weighted by Crippen LogP contribution is 2.28. The quantitative estimate of drug-likeness (QED) is 0.256. The Kier molecular flexibility index (Phi) is 11.2. The Labute approximate surface area is 248 Å². The van der Waals surface area contributed by atoms with Crippen molar-refractivity contribution < 1.29 is 19.1 Å². The van der Waals surface area contributed by atoms with Gasteiger partial charge in [0.05, 0.1) is 0 Å². The predicted octanol–water partition coefficient (Wildman–Crippen LogP) is 7.02. The zero-order chi connectivity index (χ0) is 30.2. The van der Waals surface area contributed by atoms with Crippen LogP contribution in [-0.2, 0) is 14.3 Å². The molecule has 0 radical (unpaired) electrons. The second kappa shape index (κ2) is 14.4. The summed E-state index contributed by atoms with van der Waals surface area (Å²) in [7, 11) is 0. The van der Waals surface area contributed by atoms with E-state index in [1.54, 1.807) is 37.4 Å². The molecule has 0 bridgehead atoms. The molecular formula is C33H43N3O4S. The third-order valence-electron chi connectivity index (χ3n) is 6.48. The van der Waals surface area contributed by atoms with E-state index in [0.29, 0.717) is 30.8 Å². The van der Waals surface area contributed by atoms with Gasteiger partial charge in [-0.25, -0.2) is 4.79 Å². The number of aryl methyl sites for hydroxylation is 2. The number of nitrogens with one attached hydrogen (secondary N) is 2. The van der Waals surface area contributed by atoms with Crippen LogP contribution in [0.5, 0.6) is 0 Å². The molecule has 0 heterocycles. The molecule has 41 heavy (non-hydrogen) atoms. The van der Waals surface area contributed by atoms with Crippen LogP contribution in [0.25, 0.3) is 10.8 Å². The Hall–Kier alpha value is -3.52. The number of carbonyl (C=O) groups excluding carboxylic acids is 3. The summed E-state index contributed by atoms with van der Waals surface area (Å²) in [4.78, 5) is 42.7. The lowest BCUT2D eigenvalue weighted by Gasteiger charge is -2.34. The molecule has 0 aliphatic rings. The van der Waals surface area contributed by atoms with Crippen LogP contribution in [0, 0.1) is 13.8 Å². The van der Waals surface area contributed by atoms with Crippen molar-refractivity contribution in [1.29, 1.82) is 0 Å². The Morgan fingerprint density at radius 3 is 2.22 bits per heavy atom. The summed E-state index contributed by atoms with van der Waals surface area (Å²) in [5.74, 6) is 0.0292. The Balaban J connectivity index is 2.02. The van der Waals surface area contributed by atoms with Crippen LogP contribution in [-0.4, -0.2) is 53.0 Å². The van der Waals surface area contributed by atoms with Gasteiger partial charge in [-0.15, -0.1) is 0 Å². The highest BCUT2D eigenvalue weighted by Gasteiger charge is 2.36. The van der Waals surface area contributed by atoms with Crippen LogP contribution in [0.3, 0.4) is 0 Å². The van der Waals surface area contributed by atoms with Gasteiger partial charge in [0, 0.05) is 12.2 Å². The van der Waals surface area contributed by atoms with Gasteiger partial charge in [0.15, 0.2) is 0 Å². The summed E-state index contributed by atoms with van der Waals surface area (Å²) in [5.41, 5.74) is 2.67. The minimum atomic E-state index is -0.898. The fraction of sp³-hybridized carbons (Fsp3) is 0.424. The largest absolute Gasteiger partial charge is 0.444 e. The average Bonchev–Trinajstić information content (AvgIpc) is 2.88. The van der Waals surface area contributed by atoms with Gasteiger partial charge in [-0.1, -0.05) is 66.6 Å². The first-order valence-corrected chi connectivity index (χ1v) is 15.5. The predicted molar refractivity (Wildman–Crippen MR) is 169 cm³/mol. The van der Waals surface area contributed by atoms with E-state index in [1.165, 1.54) is 0 Å². The van der Waals surface area contributed by atoms with Crippen LogP contribution in [0.2, 0.25) is 0 Å². The maximum Gasteiger partial charge on any atom is 0.408 e. The number of carbonyl (C=O) groups is 3. The molecule has 7 nitrogen and oxygen atoms in total. The van der Waals surface area contributed by atoms with Gasteiger partial charge in [0.2, 0.25) is 5.91 Å². The minimum Gasteiger partial charge on any atom is -0.444 e. The van der Waals surface area contributed by atoms with Gasteiger partial charge >= 0.3 is 6.09 Å². The molecule has 8 heteroatoms. The minimum absolute atomic E-state index is 0.312. The molecule has 0 aliphatic carbocycles. The van der Waals surface area contributed by atoms with Crippen LogP contribution in [0.15, 0.2) is 60.7 Å². The molecule has 2 unspecified atom stereocenters. The Morgan fingerprint density at radius 1 is 0.951 bits per heavy atom. The highest BCUT2D eigenvalue weighted by atomic mass is 32.2. The highest BCUT2D eigenvalue weighted by molar-refractivity contribution is 7.98. The van der Waals surface area contributed by atoms with E-state index >= 15 is 0 Å². The number of fused-ring (bicyclic) bond motifs is 1. The standard InChI is InChI=1S/C33H43N3O4S/c1-8-16-36(31(38)28(15-17-41-7)35-32(39)40-33(4,5)6)29(26-19-22(2)18-23(3)20-26)30(37)34-27-14-13-24-11-9-10-12-25(24)21-27/h9-14,18-21,28-29H,8,15-17H2,1-7H3,(H,34,37)(H,35,39). The molecule has 0 aliphatic heterocycles. The van der Waals surface area contributed by atoms with Crippen molar-refractivity contribution in [2.24, 2.45) is 0 Å². The lowest BCUT2D eigenvalue weighted by atomic mass is 9.98. The van der Waals surface area contributed by atoms with Crippen molar-refractivity contribution in [3.63, 3.8) is 0 Å². The topological polar surface area (TPSA) is 87.7 Å². The summed E-state index contributed by atoms with van der Waals surface area (Å²) >= 11 is 1.59. The number of benzene rings is 3. The monoisotopic (exact) mass is 577 g/mol. The van der Waals surface area contributed by atoms with Crippen molar-refractivity contribution in [3.8, 4) is 0 Å². The number of alkyl carbamates (subject to hydrolysis) is 1. The van der Waals surface area contributed by atoms with Gasteiger partial charge in [0.25, 0.3) is 5.91 Å². The van der Waals surface area contributed by atoms with Crippen molar-refractivity contribution in [2.75, 3.05) is 23.9 Å². The first-order chi connectivity index (χ1) is 19.4. The maximum atomic E-state index is 14.2. The molecule has 220 valence electrons. The third-order valence-corrected chi connectivity index (χ3v) is 7.13. The van der Waals surface area contributed by atoms with Crippen molar-refractivity contribution >= 4 is 46.1 Å². The summed E-state index contributed by atoms with van der Waals surface area (Å²) in [6, 6.07) is 17.9. The third kappa shape index (κ3) is 9.25. The number of ether oxygens (including phenoxy) is 1. The Bertz CT molecular complexity index is 1350. The van der Waals surface area contributed by atoms with Crippen molar-refractivity contribution in [3.05, 3.63) is 77.4 Å². The SMILES string of the molecule is CCCN(C(=O)C(CCSC)NC(=O)OC(C)(C)C)C(C(=O)Nc1ccc2ccccc2c1)c1cc(C)cc(C)c1. The number of amides is 3. The number of hydrogen-bond donors (Lipinski definition) is 2.